The van der Waals surface area contributed by atoms with Crippen LogP contribution < -0.4 is 10.6 Å². The molecule has 2 aromatic heterocycles. The summed E-state index contributed by atoms with van der Waals surface area (Å²) in [6, 6.07) is 1.35. The van der Waals surface area contributed by atoms with Crippen molar-refractivity contribution in [3.05, 3.63) is 33.8 Å². The maximum absolute atomic E-state index is 12.7. The fraction of sp³-hybridized carbons (Fsp3) is 0.556. The summed E-state index contributed by atoms with van der Waals surface area (Å²) in [4.78, 5) is 35.4. The zero-order valence-electron chi connectivity index (χ0n) is 17.3. The number of nitro groups is 1. The van der Waals surface area contributed by atoms with E-state index in [-0.39, 0.29) is 35.8 Å². The molecule has 0 bridgehead atoms. The summed E-state index contributed by atoms with van der Waals surface area (Å²) in [5, 5.41) is 24.5. The SMILES string of the molecule is CCn1cc(NC(=O)C(C)Cn2nc([N+](=O)[O-])cc2C)c(C(=O)NCC(C)C)n1. The van der Waals surface area contributed by atoms with Crippen molar-refractivity contribution in [2.75, 3.05) is 11.9 Å². The van der Waals surface area contributed by atoms with E-state index < -0.39 is 10.8 Å². The van der Waals surface area contributed by atoms with Gasteiger partial charge in [0.25, 0.3) is 5.91 Å². The van der Waals surface area contributed by atoms with E-state index in [2.05, 4.69) is 20.8 Å². The van der Waals surface area contributed by atoms with Crippen LogP contribution in [-0.2, 0) is 17.9 Å². The highest BCUT2D eigenvalue weighted by molar-refractivity contribution is 6.02. The lowest BCUT2D eigenvalue weighted by Gasteiger charge is -2.12. The second-order valence-electron chi connectivity index (χ2n) is 7.32. The predicted octanol–water partition coefficient (Wildman–Crippen LogP) is 1.98. The van der Waals surface area contributed by atoms with Gasteiger partial charge in [-0.25, -0.2) is 0 Å². The smallest absolute Gasteiger partial charge is 0.358 e. The number of anilines is 1. The molecule has 0 aliphatic carbocycles. The molecule has 0 aromatic carbocycles. The molecule has 2 amide bonds. The first-order valence-electron chi connectivity index (χ1n) is 9.47. The number of aromatic nitrogens is 4. The van der Waals surface area contributed by atoms with Gasteiger partial charge < -0.3 is 20.7 Å². The normalized spacial score (nSPS) is 12.1. The van der Waals surface area contributed by atoms with Crippen molar-refractivity contribution in [3.8, 4) is 0 Å². The van der Waals surface area contributed by atoms with Crippen LogP contribution in [0.1, 0.15) is 43.9 Å². The third-order valence-corrected chi connectivity index (χ3v) is 4.28. The Morgan fingerprint density at radius 1 is 1.28 bits per heavy atom. The Balaban J connectivity index is 2.12. The number of nitrogens with one attached hydrogen (secondary N) is 2. The quantitative estimate of drug-likeness (QED) is 0.483. The topological polar surface area (TPSA) is 137 Å². The molecule has 0 saturated heterocycles. The lowest BCUT2D eigenvalue weighted by atomic mass is 10.1. The van der Waals surface area contributed by atoms with Gasteiger partial charge in [0.05, 0.1) is 35.0 Å². The number of amides is 2. The van der Waals surface area contributed by atoms with Gasteiger partial charge in [0.1, 0.15) is 0 Å². The first kappa shape index (κ1) is 22.1. The van der Waals surface area contributed by atoms with Gasteiger partial charge in [0, 0.05) is 19.3 Å². The molecule has 0 fully saturated rings. The van der Waals surface area contributed by atoms with Gasteiger partial charge >= 0.3 is 5.82 Å². The second kappa shape index (κ2) is 9.30. The average molecular weight is 405 g/mol. The summed E-state index contributed by atoms with van der Waals surface area (Å²) in [5.41, 5.74) is 1.07. The summed E-state index contributed by atoms with van der Waals surface area (Å²) in [5.74, 6) is -1.21. The molecule has 11 nitrogen and oxygen atoms in total. The van der Waals surface area contributed by atoms with Crippen LogP contribution in [-0.4, -0.2) is 42.8 Å². The Kier molecular flexibility index (Phi) is 7.08. The summed E-state index contributed by atoms with van der Waals surface area (Å²) in [6.07, 6.45) is 1.61. The predicted molar refractivity (Wildman–Crippen MR) is 106 cm³/mol. The Labute approximate surface area is 168 Å². The molecule has 158 valence electrons. The summed E-state index contributed by atoms with van der Waals surface area (Å²) >= 11 is 0. The number of rotatable bonds is 9. The van der Waals surface area contributed by atoms with Crippen LogP contribution in [0.2, 0.25) is 0 Å². The van der Waals surface area contributed by atoms with Crippen LogP contribution >= 0.6 is 0 Å². The van der Waals surface area contributed by atoms with Crippen LogP contribution in [0.3, 0.4) is 0 Å². The maximum atomic E-state index is 12.7. The van der Waals surface area contributed by atoms with Crippen molar-refractivity contribution in [1.29, 1.82) is 0 Å². The van der Waals surface area contributed by atoms with Crippen molar-refractivity contribution in [2.24, 2.45) is 11.8 Å². The highest BCUT2D eigenvalue weighted by atomic mass is 16.6. The molecule has 0 spiro atoms. The molecular formula is C18H27N7O4. The molecule has 2 rings (SSSR count). The first-order chi connectivity index (χ1) is 13.6. The highest BCUT2D eigenvalue weighted by Gasteiger charge is 2.24. The van der Waals surface area contributed by atoms with Gasteiger partial charge in [0.15, 0.2) is 5.69 Å². The van der Waals surface area contributed by atoms with Crippen LogP contribution in [0.4, 0.5) is 11.5 Å². The molecule has 0 radical (unpaired) electrons. The molecule has 2 N–H and O–H groups in total. The molecule has 0 saturated carbocycles. The lowest BCUT2D eigenvalue weighted by molar-refractivity contribution is -0.389. The molecule has 1 unspecified atom stereocenters. The Morgan fingerprint density at radius 2 is 1.97 bits per heavy atom. The Hall–Kier alpha value is -3.24. The fourth-order valence-electron chi connectivity index (χ4n) is 2.59. The fourth-order valence-corrected chi connectivity index (χ4v) is 2.59. The highest BCUT2D eigenvalue weighted by Crippen LogP contribution is 2.17. The van der Waals surface area contributed by atoms with Gasteiger partial charge in [-0.1, -0.05) is 20.8 Å². The third kappa shape index (κ3) is 5.62. The first-order valence-corrected chi connectivity index (χ1v) is 9.47. The van der Waals surface area contributed by atoms with E-state index in [4.69, 9.17) is 0 Å². The van der Waals surface area contributed by atoms with E-state index in [0.717, 1.165) is 0 Å². The molecule has 29 heavy (non-hydrogen) atoms. The molecule has 2 heterocycles. The second-order valence-corrected chi connectivity index (χ2v) is 7.32. The Morgan fingerprint density at radius 3 is 2.52 bits per heavy atom. The zero-order valence-corrected chi connectivity index (χ0v) is 17.3. The lowest BCUT2D eigenvalue weighted by Crippen LogP contribution is -2.30. The average Bonchev–Trinajstić information content (AvgIpc) is 3.23. The molecule has 0 aliphatic rings. The van der Waals surface area contributed by atoms with Gasteiger partial charge in [-0.15, -0.1) is 0 Å². The third-order valence-electron chi connectivity index (χ3n) is 4.28. The summed E-state index contributed by atoms with van der Waals surface area (Å²) in [7, 11) is 0. The molecule has 11 heteroatoms. The number of aryl methyl sites for hydroxylation is 2. The summed E-state index contributed by atoms with van der Waals surface area (Å²) in [6.45, 7) is 10.4. The van der Waals surface area contributed by atoms with Crippen molar-refractivity contribution < 1.29 is 14.5 Å². The van der Waals surface area contributed by atoms with E-state index in [0.29, 0.717) is 24.5 Å². The van der Waals surface area contributed by atoms with E-state index in [1.807, 2.05) is 20.8 Å². The molecule has 1 atom stereocenters. The van der Waals surface area contributed by atoms with Gasteiger partial charge in [-0.2, -0.15) is 9.78 Å². The minimum absolute atomic E-state index is 0.152. The van der Waals surface area contributed by atoms with Crippen LogP contribution in [0.25, 0.3) is 0 Å². The zero-order chi connectivity index (χ0) is 21.7. The van der Waals surface area contributed by atoms with Crippen LogP contribution in [0.5, 0.6) is 0 Å². The number of carbonyl (C=O) groups is 2. The van der Waals surface area contributed by atoms with Crippen molar-refractivity contribution >= 4 is 23.3 Å². The van der Waals surface area contributed by atoms with Crippen LogP contribution in [0.15, 0.2) is 12.3 Å². The minimum atomic E-state index is -0.574. The van der Waals surface area contributed by atoms with E-state index in [1.165, 1.54) is 10.7 Å². The van der Waals surface area contributed by atoms with E-state index >= 15 is 0 Å². The number of hydrogen-bond acceptors (Lipinski definition) is 6. The van der Waals surface area contributed by atoms with Crippen molar-refractivity contribution in [2.45, 2.75) is 47.7 Å². The van der Waals surface area contributed by atoms with Gasteiger partial charge in [-0.05, 0) is 24.7 Å². The van der Waals surface area contributed by atoms with Gasteiger partial charge in [-0.3, -0.25) is 14.3 Å². The van der Waals surface area contributed by atoms with E-state index in [1.54, 1.807) is 24.7 Å². The van der Waals surface area contributed by atoms with Gasteiger partial charge in [0.2, 0.25) is 5.91 Å². The van der Waals surface area contributed by atoms with Crippen molar-refractivity contribution in [1.82, 2.24) is 24.9 Å². The monoisotopic (exact) mass is 405 g/mol. The molecule has 2 aromatic rings. The number of nitrogens with zero attached hydrogens (tertiary/aromatic N) is 5. The van der Waals surface area contributed by atoms with Crippen LogP contribution in [0, 0.1) is 28.9 Å². The number of hydrogen-bond donors (Lipinski definition) is 2. The van der Waals surface area contributed by atoms with E-state index in [9.17, 15) is 19.7 Å². The molecule has 0 aliphatic heterocycles. The maximum Gasteiger partial charge on any atom is 0.390 e. The number of carbonyl (C=O) groups excluding carboxylic acids is 2. The standard InChI is InChI=1S/C18H27N7O4/c1-6-23-10-14(16(22-23)18(27)19-8-11(2)3)20-17(26)12(4)9-24-13(5)7-15(21-24)25(28)29/h7,10-12H,6,8-9H2,1-5H3,(H,19,27)(H,20,26). The summed E-state index contributed by atoms with van der Waals surface area (Å²) < 4.78 is 3.00. The Bertz CT molecular complexity index is 900. The van der Waals surface area contributed by atoms with Crippen molar-refractivity contribution in [3.63, 3.8) is 0 Å². The minimum Gasteiger partial charge on any atom is -0.358 e. The molecular weight excluding hydrogens is 378 g/mol. The largest absolute Gasteiger partial charge is 0.390 e.